The van der Waals surface area contributed by atoms with Gasteiger partial charge in [0, 0.05) is 46.3 Å². The van der Waals surface area contributed by atoms with Gasteiger partial charge in [0.15, 0.2) is 0 Å². The molecule has 0 radical (unpaired) electrons. The maximum Gasteiger partial charge on any atom is 0.0702 e. The monoisotopic (exact) mass is 350 g/mol. The van der Waals surface area contributed by atoms with Gasteiger partial charge in [0.05, 0.1) is 9.83 Å². The van der Waals surface area contributed by atoms with Crippen molar-refractivity contribution in [3.63, 3.8) is 0 Å². The van der Waals surface area contributed by atoms with Crippen LogP contribution in [0.3, 0.4) is 0 Å². The number of nitrogens with zero attached hydrogens (tertiary/aromatic N) is 1. The molecule has 0 amide bonds. The van der Waals surface area contributed by atoms with Gasteiger partial charge >= 0.3 is 0 Å². The van der Waals surface area contributed by atoms with Gasteiger partial charge < -0.3 is 5.73 Å². The summed E-state index contributed by atoms with van der Waals surface area (Å²) in [4.78, 5) is 3.71. The van der Waals surface area contributed by atoms with E-state index in [4.69, 9.17) is 5.73 Å². The summed E-state index contributed by atoms with van der Waals surface area (Å²) in [5, 5.41) is 0. The van der Waals surface area contributed by atoms with Crippen LogP contribution >= 0.6 is 27.3 Å². The predicted octanol–water partition coefficient (Wildman–Crippen LogP) is 2.35. The molecule has 3 nitrogen and oxygen atoms in total. The fraction of sp³-hybridized carbons (Fsp3) is 0.667. The van der Waals surface area contributed by atoms with Crippen LogP contribution in [0.25, 0.3) is 0 Å². The third-order valence-corrected chi connectivity index (χ3v) is 6.34. The van der Waals surface area contributed by atoms with Crippen LogP contribution in [-0.2, 0) is 10.8 Å². The van der Waals surface area contributed by atoms with E-state index in [9.17, 15) is 4.21 Å². The highest BCUT2D eigenvalue weighted by Gasteiger charge is 2.29. The van der Waals surface area contributed by atoms with Gasteiger partial charge in [-0.3, -0.25) is 9.11 Å². The van der Waals surface area contributed by atoms with E-state index in [0.29, 0.717) is 0 Å². The minimum Gasteiger partial charge on any atom is -0.326 e. The SMILES string of the molecule is CCC(N)C(c1ccc(Br)s1)N1CCS(=O)CC1. The van der Waals surface area contributed by atoms with E-state index in [1.165, 1.54) is 4.88 Å². The highest BCUT2D eigenvalue weighted by molar-refractivity contribution is 9.11. The average Bonchev–Trinajstić information content (AvgIpc) is 2.78. The molecule has 0 saturated carbocycles. The molecule has 0 bridgehead atoms. The van der Waals surface area contributed by atoms with Gasteiger partial charge in [-0.1, -0.05) is 6.92 Å². The van der Waals surface area contributed by atoms with Crippen molar-refractivity contribution >= 4 is 38.1 Å². The van der Waals surface area contributed by atoms with Gasteiger partial charge in [0.25, 0.3) is 0 Å². The van der Waals surface area contributed by atoms with Crippen LogP contribution in [0.4, 0.5) is 0 Å². The van der Waals surface area contributed by atoms with E-state index in [2.05, 4.69) is 39.9 Å². The highest BCUT2D eigenvalue weighted by Crippen LogP contribution is 2.33. The van der Waals surface area contributed by atoms with Crippen LogP contribution in [0.5, 0.6) is 0 Å². The third-order valence-electron chi connectivity index (χ3n) is 3.37. The largest absolute Gasteiger partial charge is 0.326 e. The van der Waals surface area contributed by atoms with Crippen LogP contribution in [-0.4, -0.2) is 39.7 Å². The van der Waals surface area contributed by atoms with Crippen molar-refractivity contribution in [2.75, 3.05) is 24.6 Å². The summed E-state index contributed by atoms with van der Waals surface area (Å²) >= 11 is 5.27. The number of nitrogens with two attached hydrogens (primary N) is 1. The molecule has 6 heteroatoms. The molecule has 0 aromatic carbocycles. The zero-order chi connectivity index (χ0) is 13.1. The Bertz CT molecular complexity index is 414. The summed E-state index contributed by atoms with van der Waals surface area (Å²) in [6, 6.07) is 4.64. The van der Waals surface area contributed by atoms with Gasteiger partial charge in [-0.05, 0) is 34.5 Å². The topological polar surface area (TPSA) is 46.3 Å². The Morgan fingerprint density at radius 2 is 2.17 bits per heavy atom. The molecular formula is C12H19BrN2OS2. The van der Waals surface area contributed by atoms with Crippen molar-refractivity contribution in [1.82, 2.24) is 4.90 Å². The predicted molar refractivity (Wildman–Crippen MR) is 82.5 cm³/mol. The summed E-state index contributed by atoms with van der Waals surface area (Å²) < 4.78 is 12.6. The normalized spacial score (nSPS) is 21.9. The van der Waals surface area contributed by atoms with Gasteiger partial charge in [-0.15, -0.1) is 11.3 Å². The van der Waals surface area contributed by atoms with E-state index in [1.54, 1.807) is 11.3 Å². The minimum absolute atomic E-state index is 0.141. The van der Waals surface area contributed by atoms with Gasteiger partial charge in [-0.25, -0.2) is 0 Å². The molecule has 1 aromatic rings. The molecule has 2 unspecified atom stereocenters. The fourth-order valence-corrected chi connectivity index (χ4v) is 5.02. The molecule has 2 heterocycles. The Morgan fingerprint density at radius 3 is 2.67 bits per heavy atom. The molecule has 1 saturated heterocycles. The van der Waals surface area contributed by atoms with Crippen molar-refractivity contribution in [2.24, 2.45) is 5.73 Å². The minimum atomic E-state index is -0.632. The second-order valence-electron chi connectivity index (χ2n) is 4.54. The van der Waals surface area contributed by atoms with Crippen LogP contribution < -0.4 is 5.73 Å². The molecule has 1 aliphatic rings. The van der Waals surface area contributed by atoms with E-state index >= 15 is 0 Å². The van der Waals surface area contributed by atoms with Gasteiger partial charge in [-0.2, -0.15) is 0 Å². The van der Waals surface area contributed by atoms with Gasteiger partial charge in [0.2, 0.25) is 0 Å². The van der Waals surface area contributed by atoms with Gasteiger partial charge in [0.1, 0.15) is 0 Å². The van der Waals surface area contributed by atoms with E-state index in [-0.39, 0.29) is 12.1 Å². The number of thiophene rings is 1. The molecule has 0 aliphatic carbocycles. The Hall–Kier alpha value is 0.250. The first-order valence-electron chi connectivity index (χ1n) is 6.21. The van der Waals surface area contributed by atoms with Crippen molar-refractivity contribution in [1.29, 1.82) is 0 Å². The quantitative estimate of drug-likeness (QED) is 0.906. The maximum atomic E-state index is 11.5. The Morgan fingerprint density at radius 1 is 1.50 bits per heavy atom. The summed E-state index contributed by atoms with van der Waals surface area (Å²) in [6.07, 6.45) is 0.958. The van der Waals surface area contributed by atoms with E-state index < -0.39 is 10.8 Å². The van der Waals surface area contributed by atoms with Crippen LogP contribution in [0.1, 0.15) is 24.3 Å². The van der Waals surface area contributed by atoms with Crippen molar-refractivity contribution in [3.8, 4) is 0 Å². The number of halogens is 1. The molecule has 2 rings (SSSR count). The standard InChI is InChI=1S/C12H19BrN2OS2/c1-2-9(14)12(10-3-4-11(13)17-10)15-5-7-18(16)8-6-15/h3-4,9,12H,2,5-8,14H2,1H3. The number of rotatable bonds is 4. The first kappa shape index (κ1) is 14.7. The Kier molecular flexibility index (Phi) is 5.38. The van der Waals surface area contributed by atoms with Crippen molar-refractivity contribution in [2.45, 2.75) is 25.4 Å². The first-order chi connectivity index (χ1) is 8.61. The first-order valence-corrected chi connectivity index (χ1v) is 9.31. The summed E-state index contributed by atoms with van der Waals surface area (Å²) in [5.74, 6) is 1.55. The van der Waals surface area contributed by atoms with Crippen LogP contribution in [0.15, 0.2) is 15.9 Å². The molecule has 18 heavy (non-hydrogen) atoms. The third kappa shape index (κ3) is 3.42. The Labute approximate surface area is 123 Å². The van der Waals surface area contributed by atoms with Crippen molar-refractivity contribution in [3.05, 3.63) is 20.8 Å². The Balaban J connectivity index is 2.17. The summed E-state index contributed by atoms with van der Waals surface area (Å²) in [6.45, 7) is 3.91. The lowest BCUT2D eigenvalue weighted by atomic mass is 10.0. The molecule has 1 aliphatic heterocycles. The molecule has 0 spiro atoms. The van der Waals surface area contributed by atoms with E-state index in [1.807, 2.05) is 0 Å². The number of hydrogen-bond acceptors (Lipinski definition) is 4. The summed E-state index contributed by atoms with van der Waals surface area (Å²) in [7, 11) is -0.632. The molecule has 102 valence electrons. The molecule has 2 atom stereocenters. The fourth-order valence-electron chi connectivity index (χ4n) is 2.30. The molecule has 1 fully saturated rings. The van der Waals surface area contributed by atoms with Crippen LogP contribution in [0.2, 0.25) is 0 Å². The lowest BCUT2D eigenvalue weighted by molar-refractivity contribution is 0.188. The van der Waals surface area contributed by atoms with E-state index in [0.717, 1.165) is 34.8 Å². The summed E-state index contributed by atoms with van der Waals surface area (Å²) in [5.41, 5.74) is 6.30. The maximum absolute atomic E-state index is 11.5. The van der Waals surface area contributed by atoms with Crippen LogP contribution in [0, 0.1) is 0 Å². The molecule has 1 aromatic heterocycles. The second-order valence-corrected chi connectivity index (χ2v) is 8.73. The zero-order valence-corrected chi connectivity index (χ0v) is 13.7. The zero-order valence-electron chi connectivity index (χ0n) is 10.5. The number of hydrogen-bond donors (Lipinski definition) is 1. The lowest BCUT2D eigenvalue weighted by Crippen LogP contribution is -2.46. The lowest BCUT2D eigenvalue weighted by Gasteiger charge is -2.36. The average molecular weight is 351 g/mol. The van der Waals surface area contributed by atoms with Crippen molar-refractivity contribution < 1.29 is 4.21 Å². The smallest absolute Gasteiger partial charge is 0.0702 e. The molecular weight excluding hydrogens is 332 g/mol. The highest BCUT2D eigenvalue weighted by atomic mass is 79.9. The molecule has 2 N–H and O–H groups in total. The second kappa shape index (κ2) is 6.61.